The topological polar surface area (TPSA) is 0 Å². The maximum Gasteiger partial charge on any atom is 0.0266 e. The zero-order chi connectivity index (χ0) is 26.1. The first kappa shape index (κ1) is 24.2. The Morgan fingerprint density at radius 2 is 0.973 bits per heavy atom. The van der Waals surface area contributed by atoms with Crippen LogP contribution in [0.15, 0.2) is 95.5 Å². The Morgan fingerprint density at radius 3 is 1.49 bits per heavy atom. The molecule has 0 fully saturated rings. The van der Waals surface area contributed by atoms with E-state index in [9.17, 15) is 0 Å². The van der Waals surface area contributed by atoms with E-state index in [0.29, 0.717) is 0 Å². The molecule has 0 amide bonds. The summed E-state index contributed by atoms with van der Waals surface area (Å²) >= 11 is 4.03. The third-order valence-corrected chi connectivity index (χ3v) is 8.45. The molecule has 0 saturated heterocycles. The van der Waals surface area contributed by atoms with Crippen molar-refractivity contribution in [3.8, 4) is 44.5 Å². The van der Waals surface area contributed by atoms with Crippen LogP contribution in [0.4, 0.5) is 0 Å². The average molecular weight is 546 g/mol. The summed E-state index contributed by atoms with van der Waals surface area (Å²) in [6, 6.07) is 34.1. The van der Waals surface area contributed by atoms with Crippen LogP contribution >= 0.6 is 15.9 Å². The molecule has 0 heterocycles. The van der Waals surface area contributed by atoms with Crippen LogP contribution in [0.1, 0.15) is 52.7 Å². The molecule has 0 N–H and O–H groups in total. The molecule has 0 spiro atoms. The number of fused-ring (bicyclic) bond motifs is 3. The molecular weight excluding hydrogens is 512 g/mol. The molecule has 0 nitrogen and oxygen atoms in total. The lowest BCUT2D eigenvalue weighted by atomic mass is 9.83. The lowest BCUT2D eigenvalue weighted by Gasteiger charge is -2.22. The van der Waals surface area contributed by atoms with Gasteiger partial charge in [-0.1, -0.05) is 142 Å². The van der Waals surface area contributed by atoms with Gasteiger partial charge in [-0.15, -0.1) is 0 Å². The number of halogens is 1. The van der Waals surface area contributed by atoms with Crippen LogP contribution in [0, 0.1) is 0 Å². The third kappa shape index (κ3) is 3.96. The fourth-order valence-corrected chi connectivity index (χ4v) is 6.41. The van der Waals surface area contributed by atoms with Gasteiger partial charge < -0.3 is 0 Å². The SMILES string of the molecule is CC(C)(C)c1ccc(-c2cc(Br)c(-c3ccc(C(C)(C)C)cc3)c3c2-c2cccc4cccc-3c24)cc1. The van der Waals surface area contributed by atoms with Crippen LogP contribution in [0.5, 0.6) is 0 Å². The zero-order valence-corrected chi connectivity index (χ0v) is 24.1. The lowest BCUT2D eigenvalue weighted by Crippen LogP contribution is -2.10. The standard InChI is InChI=1S/C36H33Br/c1-35(2,3)25-17-13-22(14-18-25)29-21-30(37)32(24-15-19-26(20-16-24)36(4,5)6)34-28-12-8-10-23-9-7-11-27(31(23)28)33(29)34/h7-21H,1-6H3. The Labute approximate surface area is 229 Å². The van der Waals surface area contributed by atoms with Gasteiger partial charge in [-0.2, -0.15) is 0 Å². The van der Waals surface area contributed by atoms with E-state index in [0.717, 1.165) is 4.47 Å². The van der Waals surface area contributed by atoms with Crippen LogP contribution in [0.25, 0.3) is 55.3 Å². The Hall–Kier alpha value is -3.16. The summed E-state index contributed by atoms with van der Waals surface area (Å²) in [5, 5.41) is 2.66. The van der Waals surface area contributed by atoms with E-state index in [1.807, 2.05) is 0 Å². The smallest absolute Gasteiger partial charge is 0.0266 e. The lowest BCUT2D eigenvalue weighted by molar-refractivity contribution is 0.590. The Balaban J connectivity index is 1.65. The van der Waals surface area contributed by atoms with Crippen molar-refractivity contribution >= 4 is 26.7 Å². The zero-order valence-electron chi connectivity index (χ0n) is 22.5. The van der Waals surface area contributed by atoms with E-state index in [1.165, 1.54) is 66.4 Å². The molecule has 0 atom stereocenters. The van der Waals surface area contributed by atoms with Crippen molar-refractivity contribution in [2.24, 2.45) is 0 Å². The van der Waals surface area contributed by atoms with Crippen molar-refractivity contribution in [3.63, 3.8) is 0 Å². The van der Waals surface area contributed by atoms with E-state index in [4.69, 9.17) is 0 Å². The molecule has 0 aromatic heterocycles. The number of hydrogen-bond acceptors (Lipinski definition) is 0. The highest BCUT2D eigenvalue weighted by Gasteiger charge is 2.29. The molecule has 0 saturated carbocycles. The minimum absolute atomic E-state index is 0.128. The molecule has 37 heavy (non-hydrogen) atoms. The highest BCUT2D eigenvalue weighted by molar-refractivity contribution is 9.10. The van der Waals surface area contributed by atoms with Crippen LogP contribution in [-0.4, -0.2) is 0 Å². The molecule has 0 aliphatic heterocycles. The first-order valence-electron chi connectivity index (χ1n) is 13.1. The molecule has 0 bridgehead atoms. The van der Waals surface area contributed by atoms with Gasteiger partial charge >= 0.3 is 0 Å². The molecule has 1 aliphatic carbocycles. The van der Waals surface area contributed by atoms with Gasteiger partial charge in [-0.3, -0.25) is 0 Å². The molecule has 0 radical (unpaired) electrons. The van der Waals surface area contributed by atoms with Crippen LogP contribution < -0.4 is 0 Å². The maximum absolute atomic E-state index is 4.03. The van der Waals surface area contributed by atoms with Gasteiger partial charge in [0.25, 0.3) is 0 Å². The van der Waals surface area contributed by atoms with E-state index in [2.05, 4.69) is 148 Å². The normalized spacial score (nSPS) is 12.7. The van der Waals surface area contributed by atoms with Gasteiger partial charge in [0.05, 0.1) is 0 Å². The van der Waals surface area contributed by atoms with Crippen molar-refractivity contribution in [2.45, 2.75) is 52.4 Å². The van der Waals surface area contributed by atoms with Crippen molar-refractivity contribution < 1.29 is 0 Å². The van der Waals surface area contributed by atoms with Gasteiger partial charge in [0.2, 0.25) is 0 Å². The molecule has 0 unspecified atom stereocenters. The number of rotatable bonds is 2. The number of hydrogen-bond donors (Lipinski definition) is 0. The summed E-state index contributed by atoms with van der Waals surface area (Å²) in [6.45, 7) is 13.6. The van der Waals surface area contributed by atoms with Gasteiger partial charge in [0, 0.05) is 10.0 Å². The first-order valence-corrected chi connectivity index (χ1v) is 13.9. The second-order valence-electron chi connectivity index (χ2n) is 12.4. The van der Waals surface area contributed by atoms with Crippen molar-refractivity contribution in [1.29, 1.82) is 0 Å². The molecular formula is C36H33Br. The quantitative estimate of drug-likeness (QED) is 0.203. The first-order chi connectivity index (χ1) is 17.5. The van der Waals surface area contributed by atoms with Gasteiger partial charge in [-0.25, -0.2) is 0 Å². The van der Waals surface area contributed by atoms with Crippen molar-refractivity contribution in [2.75, 3.05) is 0 Å². The van der Waals surface area contributed by atoms with Crippen LogP contribution in [0.2, 0.25) is 0 Å². The molecule has 5 aromatic carbocycles. The second-order valence-corrected chi connectivity index (χ2v) is 13.2. The van der Waals surface area contributed by atoms with Crippen LogP contribution in [0.3, 0.4) is 0 Å². The summed E-state index contributed by atoms with van der Waals surface area (Å²) in [4.78, 5) is 0. The van der Waals surface area contributed by atoms with Crippen molar-refractivity contribution in [1.82, 2.24) is 0 Å². The maximum atomic E-state index is 4.03. The molecule has 6 rings (SSSR count). The second kappa shape index (κ2) is 8.43. The fourth-order valence-electron chi connectivity index (χ4n) is 5.75. The highest BCUT2D eigenvalue weighted by atomic mass is 79.9. The predicted molar refractivity (Wildman–Crippen MR) is 164 cm³/mol. The van der Waals surface area contributed by atoms with E-state index >= 15 is 0 Å². The molecule has 5 aromatic rings. The Bertz CT molecular complexity index is 1650. The van der Waals surface area contributed by atoms with E-state index in [-0.39, 0.29) is 10.8 Å². The Morgan fingerprint density at radius 1 is 0.486 bits per heavy atom. The van der Waals surface area contributed by atoms with E-state index < -0.39 is 0 Å². The van der Waals surface area contributed by atoms with Crippen LogP contribution in [-0.2, 0) is 10.8 Å². The van der Waals surface area contributed by atoms with Gasteiger partial charge in [-0.05, 0) is 77.7 Å². The minimum atomic E-state index is 0.128. The largest absolute Gasteiger partial charge is 0.0610 e. The highest BCUT2D eigenvalue weighted by Crippen LogP contribution is 2.56. The summed E-state index contributed by atoms with van der Waals surface area (Å²) in [5.74, 6) is 0. The Kier molecular flexibility index (Phi) is 5.51. The predicted octanol–water partition coefficient (Wildman–Crippen LogP) is 11.2. The molecule has 1 aliphatic rings. The average Bonchev–Trinajstić information content (AvgIpc) is 3.19. The fraction of sp³-hybridized carbons (Fsp3) is 0.222. The molecule has 1 heteroatoms. The number of benzene rings is 5. The van der Waals surface area contributed by atoms with Crippen molar-refractivity contribution in [3.05, 3.63) is 107 Å². The summed E-state index contributed by atoms with van der Waals surface area (Å²) in [7, 11) is 0. The summed E-state index contributed by atoms with van der Waals surface area (Å²) in [5.41, 5.74) is 13.3. The summed E-state index contributed by atoms with van der Waals surface area (Å²) in [6.07, 6.45) is 0. The molecule has 184 valence electrons. The van der Waals surface area contributed by atoms with Gasteiger partial charge in [0.1, 0.15) is 0 Å². The third-order valence-electron chi connectivity index (χ3n) is 7.82. The minimum Gasteiger partial charge on any atom is -0.0610 e. The summed E-state index contributed by atoms with van der Waals surface area (Å²) < 4.78 is 1.13. The van der Waals surface area contributed by atoms with Gasteiger partial charge in [0.15, 0.2) is 0 Å². The monoisotopic (exact) mass is 544 g/mol. The van der Waals surface area contributed by atoms with E-state index in [1.54, 1.807) is 0 Å².